The summed E-state index contributed by atoms with van der Waals surface area (Å²) in [5.41, 5.74) is 1.70. The van der Waals surface area contributed by atoms with Crippen molar-refractivity contribution in [2.45, 2.75) is 32.1 Å². The fourth-order valence-electron chi connectivity index (χ4n) is 3.54. The lowest BCUT2D eigenvalue weighted by molar-refractivity contribution is -0.142. The van der Waals surface area contributed by atoms with Crippen LogP contribution in [0.15, 0.2) is 48.8 Å². The Bertz CT molecular complexity index is 848. The van der Waals surface area contributed by atoms with Gasteiger partial charge >= 0.3 is 6.03 Å². The highest BCUT2D eigenvalue weighted by atomic mass is 19.1. The number of likely N-dealkylation sites (N-methyl/N-ethyl adjacent to an activating group) is 1. The van der Waals surface area contributed by atoms with Gasteiger partial charge in [-0.25, -0.2) is 9.18 Å². The van der Waals surface area contributed by atoms with Crippen LogP contribution in [0, 0.1) is 5.82 Å². The Morgan fingerprint density at radius 1 is 1.24 bits per heavy atom. The van der Waals surface area contributed by atoms with Crippen LogP contribution in [0.4, 0.5) is 9.18 Å². The summed E-state index contributed by atoms with van der Waals surface area (Å²) in [5, 5.41) is 5.61. The number of halogens is 1. The number of piperazine rings is 1. The second-order valence-corrected chi connectivity index (χ2v) is 7.28. The average molecular weight is 399 g/mol. The number of rotatable bonds is 6. The van der Waals surface area contributed by atoms with E-state index in [1.54, 1.807) is 36.5 Å². The summed E-state index contributed by atoms with van der Waals surface area (Å²) >= 11 is 0. The Hall–Kier alpha value is -3.00. The molecule has 0 saturated carbocycles. The van der Waals surface area contributed by atoms with Gasteiger partial charge in [0.05, 0.1) is 6.04 Å². The lowest BCUT2D eigenvalue weighted by atomic mass is 10.0. The smallest absolute Gasteiger partial charge is 0.315 e. The van der Waals surface area contributed by atoms with Crippen molar-refractivity contribution < 1.29 is 14.0 Å². The quantitative estimate of drug-likeness (QED) is 0.776. The molecule has 8 heteroatoms. The topological polar surface area (TPSA) is 77.6 Å². The van der Waals surface area contributed by atoms with Crippen LogP contribution in [0.5, 0.6) is 0 Å². The summed E-state index contributed by atoms with van der Waals surface area (Å²) in [6.07, 6.45) is 3.50. The maximum absolute atomic E-state index is 13.2. The lowest BCUT2D eigenvalue weighted by Crippen LogP contribution is -2.62. The van der Waals surface area contributed by atoms with Gasteiger partial charge in [0.1, 0.15) is 5.82 Å². The van der Waals surface area contributed by atoms with Crippen LogP contribution in [-0.4, -0.2) is 58.9 Å². The molecule has 1 aromatic heterocycles. The summed E-state index contributed by atoms with van der Waals surface area (Å²) in [7, 11) is 1.78. The number of pyridine rings is 1. The molecule has 2 heterocycles. The molecule has 3 amide bonds. The predicted molar refractivity (Wildman–Crippen MR) is 107 cm³/mol. The fourth-order valence-corrected chi connectivity index (χ4v) is 3.54. The van der Waals surface area contributed by atoms with Gasteiger partial charge in [-0.05, 0) is 36.2 Å². The molecule has 0 unspecified atom stereocenters. The van der Waals surface area contributed by atoms with Crippen LogP contribution < -0.4 is 10.6 Å². The van der Waals surface area contributed by atoms with Gasteiger partial charge in [-0.3, -0.25) is 14.7 Å². The van der Waals surface area contributed by atoms with E-state index in [1.807, 2.05) is 19.1 Å². The zero-order valence-corrected chi connectivity index (χ0v) is 16.6. The van der Waals surface area contributed by atoms with E-state index in [2.05, 4.69) is 20.5 Å². The van der Waals surface area contributed by atoms with Crippen LogP contribution in [-0.2, 0) is 17.9 Å². The van der Waals surface area contributed by atoms with Crippen LogP contribution in [0.25, 0.3) is 0 Å². The second-order valence-electron chi connectivity index (χ2n) is 7.28. The molecule has 2 N–H and O–H groups in total. The van der Waals surface area contributed by atoms with Crippen molar-refractivity contribution in [3.05, 3.63) is 65.7 Å². The van der Waals surface area contributed by atoms with Gasteiger partial charge in [0, 0.05) is 51.7 Å². The minimum atomic E-state index is -0.334. The number of hydrogen-bond donors (Lipinski definition) is 2. The molecule has 1 saturated heterocycles. The van der Waals surface area contributed by atoms with E-state index >= 15 is 0 Å². The summed E-state index contributed by atoms with van der Waals surface area (Å²) in [6, 6.07) is 9.29. The molecule has 1 fully saturated rings. The number of urea groups is 1. The number of aromatic nitrogens is 1. The molecule has 29 heavy (non-hydrogen) atoms. The van der Waals surface area contributed by atoms with Crippen molar-refractivity contribution in [2.24, 2.45) is 0 Å². The molecule has 2 aromatic rings. The van der Waals surface area contributed by atoms with Gasteiger partial charge in [0.25, 0.3) is 0 Å². The number of benzene rings is 1. The van der Waals surface area contributed by atoms with E-state index < -0.39 is 0 Å². The summed E-state index contributed by atoms with van der Waals surface area (Å²) in [5.74, 6) is -0.277. The number of hydrogen-bond acceptors (Lipinski definition) is 4. The standard InChI is InChI=1S/C21H26FN5O2/c1-15-20(28)26(2)14-19(27(15)13-17-6-4-8-23-10-17)12-25-21(29)24-11-16-5-3-7-18(22)9-16/h3-10,15,19H,11-14H2,1-2H3,(H2,24,25,29)/t15-,19+/m0/s1. The third kappa shape index (κ3) is 5.51. The third-order valence-electron chi connectivity index (χ3n) is 5.11. The summed E-state index contributed by atoms with van der Waals surface area (Å²) in [6.45, 7) is 3.60. The van der Waals surface area contributed by atoms with Crippen molar-refractivity contribution in [3.8, 4) is 0 Å². The van der Waals surface area contributed by atoms with E-state index in [0.717, 1.165) is 5.56 Å². The van der Waals surface area contributed by atoms with Crippen LogP contribution in [0.2, 0.25) is 0 Å². The summed E-state index contributed by atoms with van der Waals surface area (Å²) in [4.78, 5) is 32.6. The maximum atomic E-state index is 13.2. The Kier molecular flexibility index (Phi) is 6.77. The SMILES string of the molecule is C[C@H]1C(=O)N(C)C[C@@H](CNC(=O)NCc2cccc(F)c2)N1Cc1cccnc1. The van der Waals surface area contributed by atoms with Crippen LogP contribution in [0.1, 0.15) is 18.1 Å². The Labute approximate surface area is 169 Å². The van der Waals surface area contributed by atoms with Gasteiger partial charge in [0.2, 0.25) is 5.91 Å². The number of carbonyl (C=O) groups excluding carboxylic acids is 2. The molecule has 1 aliphatic rings. The van der Waals surface area contributed by atoms with Crippen molar-refractivity contribution in [3.63, 3.8) is 0 Å². The number of carbonyl (C=O) groups is 2. The molecule has 3 rings (SSSR count). The van der Waals surface area contributed by atoms with E-state index in [-0.39, 0.29) is 36.4 Å². The molecule has 1 aliphatic heterocycles. The molecule has 1 aromatic carbocycles. The summed E-state index contributed by atoms with van der Waals surface area (Å²) < 4.78 is 13.2. The molecule has 0 radical (unpaired) electrons. The van der Waals surface area contributed by atoms with Crippen LogP contribution in [0.3, 0.4) is 0 Å². The van der Waals surface area contributed by atoms with Crippen molar-refractivity contribution in [1.29, 1.82) is 0 Å². The lowest BCUT2D eigenvalue weighted by Gasteiger charge is -2.43. The Balaban J connectivity index is 1.58. The monoisotopic (exact) mass is 399 g/mol. The van der Waals surface area contributed by atoms with Crippen molar-refractivity contribution in [1.82, 2.24) is 25.4 Å². The zero-order chi connectivity index (χ0) is 20.8. The molecule has 154 valence electrons. The number of nitrogens with zero attached hydrogens (tertiary/aromatic N) is 3. The van der Waals surface area contributed by atoms with Gasteiger partial charge in [-0.15, -0.1) is 0 Å². The molecular weight excluding hydrogens is 373 g/mol. The van der Waals surface area contributed by atoms with Crippen molar-refractivity contribution in [2.75, 3.05) is 20.1 Å². The van der Waals surface area contributed by atoms with E-state index in [1.165, 1.54) is 12.1 Å². The first-order chi connectivity index (χ1) is 13.9. The van der Waals surface area contributed by atoms with Crippen molar-refractivity contribution >= 4 is 11.9 Å². The maximum Gasteiger partial charge on any atom is 0.315 e. The van der Waals surface area contributed by atoms with E-state index in [9.17, 15) is 14.0 Å². The molecule has 2 atom stereocenters. The second kappa shape index (κ2) is 9.47. The van der Waals surface area contributed by atoms with E-state index in [0.29, 0.717) is 25.2 Å². The van der Waals surface area contributed by atoms with Gasteiger partial charge < -0.3 is 15.5 Å². The molecular formula is C21H26FN5O2. The van der Waals surface area contributed by atoms with Gasteiger partial charge in [0.15, 0.2) is 0 Å². The minimum absolute atomic E-state index is 0.0344. The van der Waals surface area contributed by atoms with Gasteiger partial charge in [-0.1, -0.05) is 18.2 Å². The average Bonchev–Trinajstić information content (AvgIpc) is 2.72. The highest BCUT2D eigenvalue weighted by Crippen LogP contribution is 2.19. The Morgan fingerprint density at radius 2 is 2.03 bits per heavy atom. The highest BCUT2D eigenvalue weighted by Gasteiger charge is 2.36. The van der Waals surface area contributed by atoms with Gasteiger partial charge in [-0.2, -0.15) is 0 Å². The number of nitrogens with one attached hydrogen (secondary N) is 2. The highest BCUT2D eigenvalue weighted by molar-refractivity contribution is 5.82. The van der Waals surface area contributed by atoms with Crippen LogP contribution >= 0.6 is 0 Å². The molecule has 7 nitrogen and oxygen atoms in total. The minimum Gasteiger partial charge on any atom is -0.343 e. The first kappa shape index (κ1) is 20.7. The third-order valence-corrected chi connectivity index (χ3v) is 5.11. The first-order valence-electron chi connectivity index (χ1n) is 9.60. The molecule has 0 bridgehead atoms. The molecule has 0 spiro atoms. The van der Waals surface area contributed by atoms with E-state index in [4.69, 9.17) is 0 Å². The zero-order valence-electron chi connectivity index (χ0n) is 16.6. The largest absolute Gasteiger partial charge is 0.343 e. The Morgan fingerprint density at radius 3 is 2.76 bits per heavy atom. The molecule has 0 aliphatic carbocycles. The number of amides is 3. The predicted octanol–water partition coefficient (Wildman–Crippen LogP) is 1.75. The normalized spacial score (nSPS) is 19.8. The fraction of sp³-hybridized carbons (Fsp3) is 0.381. The first-order valence-corrected chi connectivity index (χ1v) is 9.60.